The minimum atomic E-state index is -4.49. The van der Waals surface area contributed by atoms with E-state index in [1.807, 2.05) is 0 Å². The lowest BCUT2D eigenvalue weighted by atomic mass is 10.3. The Labute approximate surface area is 88.9 Å². The third kappa shape index (κ3) is 2.33. The maximum absolute atomic E-state index is 12.2. The zero-order valence-corrected chi connectivity index (χ0v) is 7.95. The second-order valence-corrected chi connectivity index (χ2v) is 3.03. The minimum Gasteiger partial charge on any atom is -0.431 e. The number of halogens is 3. The fourth-order valence-electron chi connectivity index (χ4n) is 1.11. The predicted molar refractivity (Wildman–Crippen MR) is 51.2 cm³/mol. The maximum atomic E-state index is 12.2. The van der Waals surface area contributed by atoms with E-state index in [-0.39, 0.29) is 6.01 Å². The van der Waals surface area contributed by atoms with Gasteiger partial charge in [0.1, 0.15) is 6.26 Å². The highest BCUT2D eigenvalue weighted by molar-refractivity contribution is 5.51. The summed E-state index contributed by atoms with van der Waals surface area (Å²) in [7, 11) is 0. The van der Waals surface area contributed by atoms with Gasteiger partial charge in [0, 0.05) is 5.69 Å². The molecule has 0 bridgehead atoms. The molecule has 0 spiro atoms. The molecule has 1 aromatic carbocycles. The van der Waals surface area contributed by atoms with E-state index in [1.54, 1.807) is 30.3 Å². The Morgan fingerprint density at radius 1 is 1.12 bits per heavy atom. The van der Waals surface area contributed by atoms with Gasteiger partial charge in [0.05, 0.1) is 0 Å². The number of para-hydroxylation sites is 1. The molecule has 3 nitrogen and oxygen atoms in total. The van der Waals surface area contributed by atoms with Gasteiger partial charge in [-0.2, -0.15) is 18.2 Å². The molecule has 0 saturated heterocycles. The van der Waals surface area contributed by atoms with Crippen molar-refractivity contribution in [1.82, 2.24) is 4.98 Å². The molecule has 84 valence electrons. The van der Waals surface area contributed by atoms with Crippen LogP contribution in [0, 0.1) is 0 Å². The number of anilines is 2. The number of rotatable bonds is 2. The lowest BCUT2D eigenvalue weighted by Gasteiger charge is -2.00. The van der Waals surface area contributed by atoms with Crippen molar-refractivity contribution in [2.75, 3.05) is 5.32 Å². The molecule has 0 aliphatic heterocycles. The highest BCUT2D eigenvalue weighted by Crippen LogP contribution is 2.29. The van der Waals surface area contributed by atoms with Crippen LogP contribution < -0.4 is 5.32 Å². The zero-order valence-electron chi connectivity index (χ0n) is 7.95. The minimum absolute atomic E-state index is 0.182. The Morgan fingerprint density at radius 3 is 2.38 bits per heavy atom. The Morgan fingerprint density at radius 2 is 1.81 bits per heavy atom. The van der Waals surface area contributed by atoms with Gasteiger partial charge in [-0.15, -0.1) is 0 Å². The fourth-order valence-corrected chi connectivity index (χ4v) is 1.11. The van der Waals surface area contributed by atoms with Crippen LogP contribution in [0.4, 0.5) is 24.9 Å². The average Bonchev–Trinajstić information content (AvgIpc) is 2.67. The van der Waals surface area contributed by atoms with E-state index in [2.05, 4.69) is 14.7 Å². The Balaban J connectivity index is 2.15. The van der Waals surface area contributed by atoms with E-state index in [0.717, 1.165) is 0 Å². The molecular weight excluding hydrogens is 221 g/mol. The van der Waals surface area contributed by atoms with Crippen LogP contribution in [0.3, 0.4) is 0 Å². The fraction of sp³-hybridized carbons (Fsp3) is 0.100. The first-order valence-corrected chi connectivity index (χ1v) is 4.40. The molecule has 1 heterocycles. The molecule has 0 radical (unpaired) electrons. The number of hydrogen-bond donors (Lipinski definition) is 1. The predicted octanol–water partition coefficient (Wildman–Crippen LogP) is 3.44. The summed E-state index contributed by atoms with van der Waals surface area (Å²) in [6, 6.07) is 8.49. The molecule has 0 aliphatic rings. The molecule has 0 amide bonds. The number of benzene rings is 1. The van der Waals surface area contributed by atoms with E-state index in [4.69, 9.17) is 0 Å². The molecule has 0 unspecified atom stereocenters. The molecule has 0 aliphatic carbocycles. The van der Waals surface area contributed by atoms with Gasteiger partial charge >= 0.3 is 6.18 Å². The largest absolute Gasteiger partial charge is 0.436 e. The number of hydrogen-bond acceptors (Lipinski definition) is 3. The van der Waals surface area contributed by atoms with Crippen molar-refractivity contribution in [3.8, 4) is 0 Å². The van der Waals surface area contributed by atoms with Crippen molar-refractivity contribution in [1.29, 1.82) is 0 Å². The summed E-state index contributed by atoms with van der Waals surface area (Å²) in [4.78, 5) is 3.27. The summed E-state index contributed by atoms with van der Waals surface area (Å²) in [5.74, 6) is 0. The Kier molecular flexibility index (Phi) is 2.55. The molecule has 2 aromatic rings. The molecule has 6 heteroatoms. The van der Waals surface area contributed by atoms with E-state index in [1.165, 1.54) is 0 Å². The molecule has 0 atom stereocenters. The summed E-state index contributed by atoms with van der Waals surface area (Å²) in [5, 5.41) is 2.62. The lowest BCUT2D eigenvalue weighted by Crippen LogP contribution is -2.05. The molecular formula is C10H7F3N2O. The Hall–Kier alpha value is -1.98. The second kappa shape index (κ2) is 3.88. The third-order valence-corrected chi connectivity index (χ3v) is 1.82. The van der Waals surface area contributed by atoms with Crippen LogP contribution >= 0.6 is 0 Å². The van der Waals surface area contributed by atoms with Crippen LogP contribution in [-0.4, -0.2) is 4.98 Å². The molecule has 0 saturated carbocycles. The standard InChI is InChI=1S/C10H7F3N2O/c11-10(12,13)8-6-16-9(15-8)14-7-4-2-1-3-5-7/h1-6H,(H,14,15). The molecule has 1 N–H and O–H groups in total. The van der Waals surface area contributed by atoms with E-state index >= 15 is 0 Å². The number of aromatic nitrogens is 1. The van der Waals surface area contributed by atoms with Crippen LogP contribution in [0.5, 0.6) is 0 Å². The Bertz CT molecular complexity index is 464. The van der Waals surface area contributed by atoms with Crippen LogP contribution in [-0.2, 0) is 6.18 Å². The molecule has 1 aromatic heterocycles. The van der Waals surface area contributed by atoms with Gasteiger partial charge < -0.3 is 9.73 Å². The quantitative estimate of drug-likeness (QED) is 0.855. The summed E-state index contributed by atoms with van der Waals surface area (Å²) in [6.07, 6.45) is -3.91. The first-order valence-electron chi connectivity index (χ1n) is 4.40. The van der Waals surface area contributed by atoms with E-state index in [0.29, 0.717) is 12.0 Å². The number of nitrogens with zero attached hydrogens (tertiary/aromatic N) is 1. The van der Waals surface area contributed by atoms with Crippen molar-refractivity contribution >= 4 is 11.7 Å². The van der Waals surface area contributed by atoms with Crippen molar-refractivity contribution in [2.24, 2.45) is 0 Å². The van der Waals surface area contributed by atoms with E-state index < -0.39 is 11.9 Å². The van der Waals surface area contributed by atoms with Gasteiger partial charge in [-0.25, -0.2) is 0 Å². The normalized spacial score (nSPS) is 11.4. The van der Waals surface area contributed by atoms with Gasteiger partial charge in [0.25, 0.3) is 6.01 Å². The van der Waals surface area contributed by atoms with Gasteiger partial charge in [-0.3, -0.25) is 0 Å². The summed E-state index contributed by atoms with van der Waals surface area (Å²) >= 11 is 0. The molecule has 2 rings (SSSR count). The van der Waals surface area contributed by atoms with Crippen LogP contribution in [0.15, 0.2) is 41.0 Å². The van der Waals surface area contributed by atoms with Crippen molar-refractivity contribution in [3.05, 3.63) is 42.3 Å². The lowest BCUT2D eigenvalue weighted by molar-refractivity contribution is -0.141. The van der Waals surface area contributed by atoms with Crippen LogP contribution in [0.1, 0.15) is 5.69 Å². The van der Waals surface area contributed by atoms with Crippen LogP contribution in [0.2, 0.25) is 0 Å². The highest BCUT2D eigenvalue weighted by atomic mass is 19.4. The number of oxazole rings is 1. The van der Waals surface area contributed by atoms with Crippen LogP contribution in [0.25, 0.3) is 0 Å². The summed E-state index contributed by atoms with van der Waals surface area (Å²) in [5.41, 5.74) is -0.441. The first kappa shape index (κ1) is 10.5. The summed E-state index contributed by atoms with van der Waals surface area (Å²) < 4.78 is 41.2. The highest BCUT2D eigenvalue weighted by Gasteiger charge is 2.34. The van der Waals surface area contributed by atoms with Gasteiger partial charge in [0.15, 0.2) is 5.69 Å². The van der Waals surface area contributed by atoms with Gasteiger partial charge in [0.2, 0.25) is 0 Å². The van der Waals surface area contributed by atoms with Gasteiger partial charge in [-0.1, -0.05) is 18.2 Å². The molecule has 0 fully saturated rings. The number of nitrogens with one attached hydrogen (secondary N) is 1. The summed E-state index contributed by atoms with van der Waals surface area (Å²) in [6.45, 7) is 0. The SMILES string of the molecule is FC(F)(F)c1coc(Nc2ccccc2)n1. The van der Waals surface area contributed by atoms with Crippen molar-refractivity contribution < 1.29 is 17.6 Å². The topological polar surface area (TPSA) is 38.1 Å². The van der Waals surface area contributed by atoms with E-state index in [9.17, 15) is 13.2 Å². The maximum Gasteiger partial charge on any atom is 0.436 e. The first-order chi connectivity index (χ1) is 7.55. The van der Waals surface area contributed by atoms with Crippen molar-refractivity contribution in [3.63, 3.8) is 0 Å². The zero-order chi connectivity index (χ0) is 11.6. The number of alkyl halides is 3. The third-order valence-electron chi connectivity index (χ3n) is 1.82. The van der Waals surface area contributed by atoms with Crippen molar-refractivity contribution in [2.45, 2.75) is 6.18 Å². The monoisotopic (exact) mass is 228 g/mol. The average molecular weight is 228 g/mol. The smallest absolute Gasteiger partial charge is 0.431 e. The molecule has 16 heavy (non-hydrogen) atoms. The second-order valence-electron chi connectivity index (χ2n) is 3.03. The van der Waals surface area contributed by atoms with Gasteiger partial charge in [-0.05, 0) is 12.1 Å².